The highest BCUT2D eigenvalue weighted by Crippen LogP contribution is 2.02. The van der Waals surface area contributed by atoms with E-state index in [0.717, 1.165) is 0 Å². The van der Waals surface area contributed by atoms with Gasteiger partial charge in [-0.25, -0.2) is 4.79 Å². The van der Waals surface area contributed by atoms with Crippen LogP contribution in [0.5, 0.6) is 5.88 Å². The quantitative estimate of drug-likeness (QED) is 0.644. The molecule has 5 heteroatoms. The van der Waals surface area contributed by atoms with Gasteiger partial charge >= 0.3 is 6.09 Å². The average Bonchev–Trinajstić information content (AvgIpc) is 2.15. The molecule has 0 aliphatic heterocycles. The lowest BCUT2D eigenvalue weighted by molar-refractivity contribution is 0.209. The number of rotatable bonds is 1. The number of aromatic nitrogens is 1. The summed E-state index contributed by atoms with van der Waals surface area (Å²) in [6.45, 7) is 0. The summed E-state index contributed by atoms with van der Waals surface area (Å²) in [5, 5.41) is 0. The smallest absolute Gasteiger partial charge is 0.393 e. The molecular weight excluding hydrogens is 156 g/mol. The van der Waals surface area contributed by atoms with Gasteiger partial charge in [-0.3, -0.25) is 0 Å². The van der Waals surface area contributed by atoms with Gasteiger partial charge in [-0.1, -0.05) is 0 Å². The second-order valence-corrected chi connectivity index (χ2v) is 1.46. The van der Waals surface area contributed by atoms with Gasteiger partial charge in [-0.2, -0.15) is 0 Å². The van der Waals surface area contributed by atoms with Crippen molar-refractivity contribution in [3.63, 3.8) is 0 Å². The highest BCUT2D eigenvalue weighted by atomic mass is 35.5. The van der Waals surface area contributed by atoms with Crippen molar-refractivity contribution in [1.82, 2.24) is 4.98 Å². The predicted molar refractivity (Wildman–Crippen MR) is 38.3 cm³/mol. The Kier molecular flexibility index (Phi) is 3.35. The van der Waals surface area contributed by atoms with E-state index in [9.17, 15) is 4.79 Å². The number of hydrogen-bond donors (Lipinski definition) is 2. The van der Waals surface area contributed by atoms with Crippen LogP contribution in [0.4, 0.5) is 4.79 Å². The Hall–Kier alpha value is -1.16. The van der Waals surface area contributed by atoms with Crippen molar-refractivity contribution in [2.45, 2.75) is 0 Å². The fourth-order valence-electron chi connectivity index (χ4n) is 0.486. The number of primary amides is 1. The number of amides is 1. The van der Waals surface area contributed by atoms with Crippen molar-refractivity contribution in [1.29, 1.82) is 0 Å². The van der Waals surface area contributed by atoms with E-state index in [2.05, 4.69) is 9.72 Å². The number of carbonyl (C=O) groups is 1. The van der Waals surface area contributed by atoms with Gasteiger partial charge in [0.15, 0.2) is 0 Å². The predicted octanol–water partition coefficient (Wildman–Crippen LogP) is 0.894. The molecule has 0 aromatic carbocycles. The number of hydrogen-bond acceptors (Lipinski definition) is 2. The van der Waals surface area contributed by atoms with Crippen molar-refractivity contribution in [2.24, 2.45) is 5.73 Å². The maximum atomic E-state index is 10.0. The van der Waals surface area contributed by atoms with E-state index < -0.39 is 6.09 Å². The van der Waals surface area contributed by atoms with Crippen LogP contribution < -0.4 is 10.5 Å². The van der Waals surface area contributed by atoms with Crippen molar-refractivity contribution in [3.8, 4) is 5.88 Å². The van der Waals surface area contributed by atoms with Crippen LogP contribution in [-0.4, -0.2) is 11.1 Å². The topological polar surface area (TPSA) is 68.1 Å². The Labute approximate surface area is 63.8 Å². The van der Waals surface area contributed by atoms with E-state index in [-0.39, 0.29) is 12.4 Å². The number of nitrogens with two attached hydrogens (primary N) is 1. The van der Waals surface area contributed by atoms with Crippen molar-refractivity contribution < 1.29 is 9.53 Å². The Bertz CT molecular complexity index is 197. The van der Waals surface area contributed by atoms with Crippen LogP contribution >= 0.6 is 12.4 Å². The monoisotopic (exact) mass is 162 g/mol. The minimum absolute atomic E-state index is 0. The highest BCUT2D eigenvalue weighted by molar-refractivity contribution is 5.85. The zero-order valence-electron chi connectivity index (χ0n) is 5.03. The Morgan fingerprint density at radius 3 is 2.80 bits per heavy atom. The molecule has 0 bridgehead atoms. The summed E-state index contributed by atoms with van der Waals surface area (Å²) in [7, 11) is 0. The van der Waals surface area contributed by atoms with Gasteiger partial charge in [0, 0.05) is 12.3 Å². The molecule has 3 N–H and O–H groups in total. The molecule has 0 radical (unpaired) electrons. The molecule has 0 saturated carbocycles. The van der Waals surface area contributed by atoms with E-state index in [1.54, 1.807) is 18.3 Å². The lowest BCUT2D eigenvalue weighted by atomic mass is 10.6. The van der Waals surface area contributed by atoms with Gasteiger partial charge in [0.05, 0.1) is 0 Å². The number of nitrogens with one attached hydrogen (secondary N) is 1. The number of H-pyrrole nitrogens is 1. The summed E-state index contributed by atoms with van der Waals surface area (Å²) in [5.74, 6) is 0.363. The third kappa shape index (κ3) is 2.41. The zero-order chi connectivity index (χ0) is 6.69. The van der Waals surface area contributed by atoms with Crippen LogP contribution in [0.25, 0.3) is 0 Å². The van der Waals surface area contributed by atoms with E-state index in [1.165, 1.54) is 0 Å². The van der Waals surface area contributed by atoms with Gasteiger partial charge in [0.2, 0.25) is 5.88 Å². The summed E-state index contributed by atoms with van der Waals surface area (Å²) >= 11 is 0. The van der Waals surface area contributed by atoms with E-state index >= 15 is 0 Å². The first-order valence-corrected chi connectivity index (χ1v) is 2.40. The molecule has 10 heavy (non-hydrogen) atoms. The van der Waals surface area contributed by atoms with Crippen LogP contribution in [0.15, 0.2) is 18.3 Å². The number of halogens is 1. The fourth-order valence-corrected chi connectivity index (χ4v) is 0.486. The number of carbonyl (C=O) groups excluding carboxylic acids is 1. The van der Waals surface area contributed by atoms with E-state index in [0.29, 0.717) is 5.88 Å². The molecule has 0 atom stereocenters. The van der Waals surface area contributed by atoms with Crippen LogP contribution in [-0.2, 0) is 0 Å². The molecule has 1 aromatic heterocycles. The SMILES string of the molecule is Cl.NC(=O)Oc1ccc[nH]1. The molecule has 0 unspecified atom stereocenters. The first kappa shape index (κ1) is 8.84. The molecule has 1 rings (SSSR count). The summed E-state index contributed by atoms with van der Waals surface area (Å²) in [4.78, 5) is 12.7. The highest BCUT2D eigenvalue weighted by Gasteiger charge is 1.95. The first-order valence-electron chi connectivity index (χ1n) is 2.40. The van der Waals surface area contributed by atoms with E-state index in [4.69, 9.17) is 5.73 Å². The fraction of sp³-hybridized carbons (Fsp3) is 0. The molecule has 0 saturated heterocycles. The van der Waals surface area contributed by atoms with Crippen molar-refractivity contribution in [2.75, 3.05) is 0 Å². The average molecular weight is 163 g/mol. The molecular formula is C5H7ClN2O2. The van der Waals surface area contributed by atoms with Crippen LogP contribution in [0, 0.1) is 0 Å². The maximum Gasteiger partial charge on any atom is 0.411 e. The second-order valence-electron chi connectivity index (χ2n) is 1.46. The van der Waals surface area contributed by atoms with Gasteiger partial charge in [0.1, 0.15) is 0 Å². The van der Waals surface area contributed by atoms with Gasteiger partial charge < -0.3 is 15.5 Å². The molecule has 4 nitrogen and oxygen atoms in total. The van der Waals surface area contributed by atoms with Gasteiger partial charge in [0.25, 0.3) is 0 Å². The first-order chi connectivity index (χ1) is 4.29. The molecule has 0 spiro atoms. The summed E-state index contributed by atoms with van der Waals surface area (Å²) < 4.78 is 4.44. The molecule has 0 aliphatic carbocycles. The maximum absolute atomic E-state index is 10.0. The van der Waals surface area contributed by atoms with Gasteiger partial charge in [-0.05, 0) is 6.07 Å². The van der Waals surface area contributed by atoms with E-state index in [1.807, 2.05) is 0 Å². The number of aromatic amines is 1. The van der Waals surface area contributed by atoms with Crippen molar-refractivity contribution >= 4 is 18.5 Å². The Morgan fingerprint density at radius 2 is 2.40 bits per heavy atom. The van der Waals surface area contributed by atoms with Crippen molar-refractivity contribution in [3.05, 3.63) is 18.3 Å². The molecule has 0 fully saturated rings. The molecule has 0 aliphatic rings. The standard InChI is InChI=1S/C5H6N2O2.ClH/c6-5(8)9-4-2-1-3-7-4;/h1-3,7H,(H2,6,8);1H. The van der Waals surface area contributed by atoms with Crippen LogP contribution in [0.1, 0.15) is 0 Å². The summed E-state index contributed by atoms with van der Waals surface area (Å²) in [6, 6.07) is 3.31. The normalized spacial score (nSPS) is 8.00. The lowest BCUT2D eigenvalue weighted by Gasteiger charge is -1.92. The molecule has 1 heterocycles. The van der Waals surface area contributed by atoms with Gasteiger partial charge in [-0.15, -0.1) is 12.4 Å². The number of ether oxygens (including phenoxy) is 1. The molecule has 1 amide bonds. The summed E-state index contributed by atoms with van der Waals surface area (Å²) in [6.07, 6.45) is 0.829. The third-order valence-electron chi connectivity index (χ3n) is 0.780. The Balaban J connectivity index is 0.000000810. The molecule has 56 valence electrons. The second kappa shape index (κ2) is 3.79. The minimum Gasteiger partial charge on any atom is -0.393 e. The van der Waals surface area contributed by atoms with Crippen LogP contribution in [0.2, 0.25) is 0 Å². The molecule has 1 aromatic rings. The zero-order valence-corrected chi connectivity index (χ0v) is 5.85. The van der Waals surface area contributed by atoms with Crippen LogP contribution in [0.3, 0.4) is 0 Å². The lowest BCUT2D eigenvalue weighted by Crippen LogP contribution is -2.16. The Morgan fingerprint density at radius 1 is 1.70 bits per heavy atom. The third-order valence-corrected chi connectivity index (χ3v) is 0.780. The summed E-state index contributed by atoms with van der Waals surface area (Å²) in [5.41, 5.74) is 4.70. The minimum atomic E-state index is -0.808. The largest absolute Gasteiger partial charge is 0.411 e.